The number of rotatable bonds is 3. The number of aromatic nitrogens is 2. The predicted molar refractivity (Wildman–Crippen MR) is 73.8 cm³/mol. The third-order valence-corrected chi connectivity index (χ3v) is 4.57. The van der Waals surface area contributed by atoms with Gasteiger partial charge in [-0.3, -0.25) is 4.40 Å². The Morgan fingerprint density at radius 3 is 2.70 bits per heavy atom. The van der Waals surface area contributed by atoms with Gasteiger partial charge < -0.3 is 10.2 Å². The van der Waals surface area contributed by atoms with Crippen LogP contribution in [0.15, 0.2) is 18.2 Å². The predicted octanol–water partition coefficient (Wildman–Crippen LogP) is 1.95. The van der Waals surface area contributed by atoms with E-state index < -0.39 is 11.9 Å². The van der Waals surface area contributed by atoms with Gasteiger partial charge in [-0.2, -0.15) is 11.8 Å². The number of thioether (sulfide) groups is 1. The average molecular weight is 292 g/mol. The quantitative estimate of drug-likeness (QED) is 0.898. The molecule has 6 nitrogen and oxygen atoms in total. The molecular formula is C13H12N2O4S. The van der Waals surface area contributed by atoms with Crippen LogP contribution >= 0.6 is 11.8 Å². The van der Waals surface area contributed by atoms with E-state index in [1.165, 1.54) is 10.5 Å². The number of carbonyl (C=O) groups is 2. The van der Waals surface area contributed by atoms with Gasteiger partial charge in [-0.1, -0.05) is 6.07 Å². The Kier molecular flexibility index (Phi) is 3.13. The number of aromatic carboxylic acids is 2. The van der Waals surface area contributed by atoms with Gasteiger partial charge in [0, 0.05) is 11.7 Å². The zero-order valence-corrected chi connectivity index (χ0v) is 11.3. The Bertz CT molecular complexity index is 704. The number of carboxylic acids is 2. The highest BCUT2D eigenvalue weighted by molar-refractivity contribution is 7.99. The van der Waals surface area contributed by atoms with Crippen molar-refractivity contribution in [2.45, 2.75) is 12.3 Å². The lowest BCUT2D eigenvalue weighted by Crippen LogP contribution is -2.10. The first-order chi connectivity index (χ1) is 9.59. The van der Waals surface area contributed by atoms with Gasteiger partial charge in [0.1, 0.15) is 11.5 Å². The summed E-state index contributed by atoms with van der Waals surface area (Å²) in [5.74, 6) is 0.240. The van der Waals surface area contributed by atoms with E-state index >= 15 is 0 Å². The van der Waals surface area contributed by atoms with Gasteiger partial charge in [-0.05, 0) is 24.3 Å². The number of hydrogen-bond donors (Lipinski definition) is 2. The highest BCUT2D eigenvalue weighted by Crippen LogP contribution is 2.33. The van der Waals surface area contributed by atoms with E-state index in [1.54, 1.807) is 23.9 Å². The highest BCUT2D eigenvalue weighted by atomic mass is 32.2. The Morgan fingerprint density at radius 2 is 2.10 bits per heavy atom. The first-order valence-electron chi connectivity index (χ1n) is 6.15. The second kappa shape index (κ2) is 4.82. The molecule has 0 amide bonds. The number of imidazole rings is 1. The summed E-state index contributed by atoms with van der Waals surface area (Å²) in [5.41, 5.74) is 0.304. The number of hydrogen-bond acceptors (Lipinski definition) is 4. The molecule has 0 saturated carbocycles. The number of nitrogens with zero attached hydrogens (tertiary/aromatic N) is 2. The molecule has 0 bridgehead atoms. The third kappa shape index (κ3) is 1.94. The van der Waals surface area contributed by atoms with E-state index in [9.17, 15) is 19.8 Å². The van der Waals surface area contributed by atoms with E-state index in [4.69, 9.17) is 0 Å². The van der Waals surface area contributed by atoms with Crippen LogP contribution in [0, 0.1) is 0 Å². The van der Waals surface area contributed by atoms with Crippen molar-refractivity contribution in [3.63, 3.8) is 0 Å². The molecule has 3 heterocycles. The molecule has 0 spiro atoms. The lowest BCUT2D eigenvalue weighted by Gasteiger charge is -2.09. The van der Waals surface area contributed by atoms with E-state index in [0.29, 0.717) is 11.3 Å². The fraction of sp³-hybridized carbons (Fsp3) is 0.308. The van der Waals surface area contributed by atoms with Gasteiger partial charge in [-0.15, -0.1) is 0 Å². The lowest BCUT2D eigenvalue weighted by atomic mass is 10.1. The molecule has 1 atom stereocenters. The molecule has 0 aliphatic carbocycles. The molecule has 3 rings (SSSR count). The van der Waals surface area contributed by atoms with Crippen molar-refractivity contribution in [3.05, 3.63) is 35.4 Å². The van der Waals surface area contributed by atoms with Crippen molar-refractivity contribution in [1.29, 1.82) is 0 Å². The molecular weight excluding hydrogens is 280 g/mol. The SMILES string of the molecule is O=C(O)c1nc(C2CCSC2)n2c(C(=O)O)cccc12. The largest absolute Gasteiger partial charge is 0.477 e. The van der Waals surface area contributed by atoms with Crippen molar-refractivity contribution in [2.75, 3.05) is 11.5 Å². The monoisotopic (exact) mass is 292 g/mol. The van der Waals surface area contributed by atoms with Crippen LogP contribution in [-0.4, -0.2) is 43.0 Å². The summed E-state index contributed by atoms with van der Waals surface area (Å²) in [4.78, 5) is 26.9. The maximum Gasteiger partial charge on any atom is 0.356 e. The van der Waals surface area contributed by atoms with Crippen molar-refractivity contribution in [2.24, 2.45) is 0 Å². The summed E-state index contributed by atoms with van der Waals surface area (Å²) < 4.78 is 1.47. The van der Waals surface area contributed by atoms with Crippen LogP contribution in [0.25, 0.3) is 5.52 Å². The molecule has 2 N–H and O–H groups in total. The fourth-order valence-electron chi connectivity index (χ4n) is 2.50. The van der Waals surface area contributed by atoms with Crippen LogP contribution in [0.2, 0.25) is 0 Å². The standard InChI is InChI=1S/C13H12N2O4S/c16-12(17)9-3-1-2-8-10(13(18)19)14-11(15(8)9)7-4-5-20-6-7/h1-3,7H,4-6H2,(H,16,17)(H,18,19). The molecule has 2 aromatic heterocycles. The topological polar surface area (TPSA) is 91.9 Å². The summed E-state index contributed by atoms with van der Waals surface area (Å²) in [5, 5.41) is 18.5. The Morgan fingerprint density at radius 1 is 1.30 bits per heavy atom. The summed E-state index contributed by atoms with van der Waals surface area (Å²) in [6, 6.07) is 4.60. The smallest absolute Gasteiger partial charge is 0.356 e. The van der Waals surface area contributed by atoms with Crippen LogP contribution < -0.4 is 0 Å². The summed E-state index contributed by atoms with van der Waals surface area (Å²) in [7, 11) is 0. The first-order valence-corrected chi connectivity index (χ1v) is 7.30. The maximum absolute atomic E-state index is 11.4. The van der Waals surface area contributed by atoms with Crippen molar-refractivity contribution >= 4 is 29.2 Å². The maximum atomic E-state index is 11.4. The molecule has 2 aromatic rings. The molecule has 104 valence electrons. The Labute approximate surface area is 118 Å². The molecule has 7 heteroatoms. The summed E-state index contributed by atoms with van der Waals surface area (Å²) in [6.07, 6.45) is 0.886. The Balaban J connectivity index is 2.32. The van der Waals surface area contributed by atoms with Gasteiger partial charge >= 0.3 is 11.9 Å². The minimum absolute atomic E-state index is 0.0504. The molecule has 1 saturated heterocycles. The van der Waals surface area contributed by atoms with Crippen molar-refractivity contribution in [3.8, 4) is 0 Å². The molecule has 1 fully saturated rings. The van der Waals surface area contributed by atoms with Gasteiger partial charge in [0.25, 0.3) is 0 Å². The van der Waals surface area contributed by atoms with Crippen molar-refractivity contribution < 1.29 is 19.8 Å². The van der Waals surface area contributed by atoms with Gasteiger partial charge in [0.2, 0.25) is 0 Å². The summed E-state index contributed by atoms with van der Waals surface area (Å²) in [6.45, 7) is 0. The average Bonchev–Trinajstić information content (AvgIpc) is 3.04. The van der Waals surface area contributed by atoms with E-state index in [2.05, 4.69) is 4.98 Å². The first kappa shape index (κ1) is 13.0. The number of carboxylic acid groups (broad SMARTS) is 2. The van der Waals surface area contributed by atoms with Crippen LogP contribution in [0.4, 0.5) is 0 Å². The number of pyridine rings is 1. The van der Waals surface area contributed by atoms with E-state index in [0.717, 1.165) is 17.9 Å². The molecule has 20 heavy (non-hydrogen) atoms. The molecule has 0 radical (unpaired) electrons. The minimum Gasteiger partial charge on any atom is -0.477 e. The second-order valence-electron chi connectivity index (χ2n) is 4.62. The normalized spacial score (nSPS) is 18.5. The van der Waals surface area contributed by atoms with Crippen LogP contribution in [0.5, 0.6) is 0 Å². The Hall–Kier alpha value is -2.02. The van der Waals surface area contributed by atoms with E-state index in [1.807, 2.05) is 0 Å². The van der Waals surface area contributed by atoms with Crippen LogP contribution in [0.3, 0.4) is 0 Å². The zero-order valence-electron chi connectivity index (χ0n) is 10.4. The van der Waals surface area contributed by atoms with Crippen LogP contribution in [0.1, 0.15) is 39.1 Å². The minimum atomic E-state index is -1.14. The second-order valence-corrected chi connectivity index (χ2v) is 5.77. The van der Waals surface area contributed by atoms with Crippen LogP contribution in [-0.2, 0) is 0 Å². The van der Waals surface area contributed by atoms with Gasteiger partial charge in [0.15, 0.2) is 5.69 Å². The summed E-state index contributed by atoms with van der Waals surface area (Å²) >= 11 is 1.77. The molecule has 1 unspecified atom stereocenters. The third-order valence-electron chi connectivity index (χ3n) is 3.40. The fourth-order valence-corrected chi connectivity index (χ4v) is 3.72. The number of fused-ring (bicyclic) bond motifs is 1. The molecule has 1 aliphatic heterocycles. The zero-order chi connectivity index (χ0) is 14.3. The highest BCUT2D eigenvalue weighted by Gasteiger charge is 2.27. The van der Waals surface area contributed by atoms with Gasteiger partial charge in [0.05, 0.1) is 5.52 Å². The van der Waals surface area contributed by atoms with Crippen molar-refractivity contribution in [1.82, 2.24) is 9.38 Å². The lowest BCUT2D eigenvalue weighted by molar-refractivity contribution is 0.0678. The molecule has 0 aromatic carbocycles. The van der Waals surface area contributed by atoms with E-state index in [-0.39, 0.29) is 17.3 Å². The molecule has 1 aliphatic rings. The van der Waals surface area contributed by atoms with Gasteiger partial charge in [-0.25, -0.2) is 14.6 Å².